The summed E-state index contributed by atoms with van der Waals surface area (Å²) >= 11 is 0. The predicted molar refractivity (Wildman–Crippen MR) is 115 cm³/mol. The van der Waals surface area contributed by atoms with E-state index in [2.05, 4.69) is 51.9 Å². The molecule has 0 atom stereocenters. The van der Waals surface area contributed by atoms with Gasteiger partial charge in [0.2, 0.25) is 5.91 Å². The lowest BCUT2D eigenvalue weighted by atomic mass is 10.1. The van der Waals surface area contributed by atoms with Crippen molar-refractivity contribution in [1.29, 1.82) is 0 Å². The second-order valence-electron chi connectivity index (χ2n) is 5.97. The lowest BCUT2D eigenvalue weighted by Crippen LogP contribution is -2.39. The van der Waals surface area contributed by atoms with Crippen molar-refractivity contribution < 1.29 is 4.79 Å². The van der Waals surface area contributed by atoms with E-state index in [-0.39, 0.29) is 36.4 Å². The highest BCUT2D eigenvalue weighted by atomic mass is 127. The third-order valence-electron chi connectivity index (χ3n) is 3.91. The Morgan fingerprint density at radius 2 is 2.04 bits per heavy atom. The summed E-state index contributed by atoms with van der Waals surface area (Å²) < 4.78 is 0. The Morgan fingerprint density at radius 3 is 2.72 bits per heavy atom. The monoisotopic (exact) mass is 457 g/mol. The van der Waals surface area contributed by atoms with E-state index in [1.54, 1.807) is 19.0 Å². The molecule has 138 valence electrons. The molecular formula is C18H28IN5O. The van der Waals surface area contributed by atoms with Crippen molar-refractivity contribution in [2.75, 3.05) is 33.7 Å². The SMILES string of the molecule is CCNC(=NCC(=O)N(C)C)NCCc1c[nH]c2c(C)cccc12.I. The van der Waals surface area contributed by atoms with Crippen LogP contribution in [0.1, 0.15) is 18.1 Å². The molecule has 1 amide bonds. The Labute approximate surface area is 166 Å². The van der Waals surface area contributed by atoms with E-state index in [0.717, 1.165) is 19.5 Å². The maximum atomic E-state index is 11.6. The van der Waals surface area contributed by atoms with Gasteiger partial charge in [-0.1, -0.05) is 18.2 Å². The number of likely N-dealkylation sites (N-methyl/N-ethyl adjacent to an activating group) is 1. The number of nitrogens with one attached hydrogen (secondary N) is 3. The van der Waals surface area contributed by atoms with Gasteiger partial charge in [0.05, 0.1) is 0 Å². The lowest BCUT2D eigenvalue weighted by Gasteiger charge is -2.12. The molecule has 0 fully saturated rings. The Hall–Kier alpha value is -1.77. The first-order valence-electron chi connectivity index (χ1n) is 8.30. The molecule has 3 N–H and O–H groups in total. The van der Waals surface area contributed by atoms with E-state index in [1.807, 2.05) is 6.92 Å². The van der Waals surface area contributed by atoms with Gasteiger partial charge in [0.25, 0.3) is 0 Å². The fourth-order valence-corrected chi connectivity index (χ4v) is 2.52. The van der Waals surface area contributed by atoms with Crippen LogP contribution in [0.5, 0.6) is 0 Å². The third-order valence-corrected chi connectivity index (χ3v) is 3.91. The van der Waals surface area contributed by atoms with Crippen molar-refractivity contribution >= 4 is 46.7 Å². The zero-order chi connectivity index (χ0) is 17.5. The van der Waals surface area contributed by atoms with Crippen LogP contribution in [0.2, 0.25) is 0 Å². The number of carbonyl (C=O) groups excluding carboxylic acids is 1. The fourth-order valence-electron chi connectivity index (χ4n) is 2.52. The van der Waals surface area contributed by atoms with Gasteiger partial charge < -0.3 is 20.5 Å². The maximum Gasteiger partial charge on any atom is 0.243 e. The number of benzene rings is 1. The molecule has 0 aliphatic rings. The molecule has 0 saturated heterocycles. The number of aliphatic imine (C=N–C) groups is 1. The molecule has 0 radical (unpaired) electrons. The van der Waals surface area contributed by atoms with Gasteiger partial charge in [-0.3, -0.25) is 4.79 Å². The van der Waals surface area contributed by atoms with Gasteiger partial charge in [0.1, 0.15) is 6.54 Å². The van der Waals surface area contributed by atoms with Crippen LogP contribution >= 0.6 is 24.0 Å². The molecule has 0 unspecified atom stereocenters. The van der Waals surface area contributed by atoms with Gasteiger partial charge in [-0.2, -0.15) is 0 Å². The molecule has 0 bridgehead atoms. The molecule has 6 nitrogen and oxygen atoms in total. The number of halogens is 1. The molecule has 0 saturated carbocycles. The highest BCUT2D eigenvalue weighted by Gasteiger charge is 2.06. The zero-order valence-corrected chi connectivity index (χ0v) is 17.7. The maximum absolute atomic E-state index is 11.6. The first-order valence-corrected chi connectivity index (χ1v) is 8.30. The Bertz CT molecular complexity index is 723. The number of fused-ring (bicyclic) bond motifs is 1. The topological polar surface area (TPSA) is 72.5 Å². The number of guanidine groups is 1. The molecular weight excluding hydrogens is 429 g/mol. The lowest BCUT2D eigenvalue weighted by molar-refractivity contribution is -0.127. The molecule has 25 heavy (non-hydrogen) atoms. The van der Waals surface area contributed by atoms with Gasteiger partial charge >= 0.3 is 0 Å². The average molecular weight is 457 g/mol. The van der Waals surface area contributed by atoms with E-state index in [1.165, 1.54) is 22.0 Å². The normalized spacial score (nSPS) is 11.1. The molecule has 1 aromatic heterocycles. The van der Waals surface area contributed by atoms with E-state index < -0.39 is 0 Å². The first-order chi connectivity index (χ1) is 11.5. The summed E-state index contributed by atoms with van der Waals surface area (Å²) in [6.45, 7) is 5.78. The number of aromatic amines is 1. The second kappa shape index (κ2) is 10.3. The van der Waals surface area contributed by atoms with Crippen molar-refractivity contribution in [3.8, 4) is 0 Å². The summed E-state index contributed by atoms with van der Waals surface area (Å²) in [5, 5.41) is 7.72. The van der Waals surface area contributed by atoms with Gasteiger partial charge in [-0.25, -0.2) is 4.99 Å². The number of amides is 1. The van der Waals surface area contributed by atoms with E-state index in [9.17, 15) is 4.79 Å². The third kappa shape index (κ3) is 5.91. The number of carbonyl (C=O) groups is 1. The number of hydrogen-bond acceptors (Lipinski definition) is 2. The second-order valence-corrected chi connectivity index (χ2v) is 5.97. The highest BCUT2D eigenvalue weighted by Crippen LogP contribution is 2.21. The van der Waals surface area contributed by atoms with Crippen LogP contribution in [0.3, 0.4) is 0 Å². The summed E-state index contributed by atoms with van der Waals surface area (Å²) in [5.41, 5.74) is 3.73. The number of hydrogen-bond donors (Lipinski definition) is 3. The highest BCUT2D eigenvalue weighted by molar-refractivity contribution is 14.0. The summed E-state index contributed by atoms with van der Waals surface area (Å²) in [6.07, 6.45) is 2.95. The Balaban J connectivity index is 0.00000312. The number of rotatable bonds is 6. The molecule has 0 aliphatic heterocycles. The van der Waals surface area contributed by atoms with Crippen molar-refractivity contribution in [2.24, 2.45) is 4.99 Å². The van der Waals surface area contributed by atoms with Gasteiger partial charge in [-0.05, 0) is 31.4 Å². The van der Waals surface area contributed by atoms with Gasteiger partial charge in [-0.15, -0.1) is 24.0 Å². The van der Waals surface area contributed by atoms with Crippen molar-refractivity contribution in [2.45, 2.75) is 20.3 Å². The summed E-state index contributed by atoms with van der Waals surface area (Å²) in [5.74, 6) is 0.656. The fraction of sp³-hybridized carbons (Fsp3) is 0.444. The molecule has 2 rings (SSSR count). The quantitative estimate of drug-likeness (QED) is 0.354. The number of H-pyrrole nitrogens is 1. The van der Waals surface area contributed by atoms with Crippen LogP contribution < -0.4 is 10.6 Å². The van der Waals surface area contributed by atoms with E-state index >= 15 is 0 Å². The predicted octanol–water partition coefficient (Wildman–Crippen LogP) is 2.28. The number of nitrogens with zero attached hydrogens (tertiary/aromatic N) is 2. The smallest absolute Gasteiger partial charge is 0.243 e. The van der Waals surface area contributed by atoms with Crippen LogP contribution in [0.15, 0.2) is 29.4 Å². The molecule has 0 aliphatic carbocycles. The summed E-state index contributed by atoms with van der Waals surface area (Å²) in [6, 6.07) is 6.34. The van der Waals surface area contributed by atoms with Crippen LogP contribution in [0, 0.1) is 6.92 Å². The van der Waals surface area contributed by atoms with Crippen LogP contribution in [0.4, 0.5) is 0 Å². The van der Waals surface area contributed by atoms with E-state index in [4.69, 9.17) is 0 Å². The van der Waals surface area contributed by atoms with Gasteiger partial charge in [0, 0.05) is 44.3 Å². The Kier molecular flexibility index (Phi) is 8.74. The zero-order valence-electron chi connectivity index (χ0n) is 15.3. The minimum Gasteiger partial charge on any atom is -0.361 e. The number of aryl methyl sites for hydroxylation is 1. The largest absolute Gasteiger partial charge is 0.361 e. The van der Waals surface area contributed by atoms with Crippen molar-refractivity contribution in [3.63, 3.8) is 0 Å². The van der Waals surface area contributed by atoms with Crippen LogP contribution in [-0.2, 0) is 11.2 Å². The number of aromatic nitrogens is 1. The van der Waals surface area contributed by atoms with Gasteiger partial charge in [0.15, 0.2) is 5.96 Å². The average Bonchev–Trinajstić information content (AvgIpc) is 2.97. The summed E-state index contributed by atoms with van der Waals surface area (Å²) in [4.78, 5) is 20.9. The minimum absolute atomic E-state index is 0. The minimum atomic E-state index is -0.0145. The van der Waals surface area contributed by atoms with Crippen LogP contribution in [-0.4, -0.2) is 55.5 Å². The summed E-state index contributed by atoms with van der Waals surface area (Å²) in [7, 11) is 3.47. The molecule has 2 aromatic rings. The van der Waals surface area contributed by atoms with Crippen molar-refractivity contribution in [1.82, 2.24) is 20.5 Å². The first kappa shape index (κ1) is 21.3. The standard InChI is InChI=1S/C18H27N5O.HI/c1-5-19-18(22-12-16(24)23(3)4)20-10-9-14-11-21-17-13(2)7-6-8-15(14)17;/h6-8,11,21H,5,9-10,12H2,1-4H3,(H2,19,20,22);1H. The van der Waals surface area contributed by atoms with Crippen molar-refractivity contribution in [3.05, 3.63) is 35.5 Å². The molecule has 0 spiro atoms. The van der Waals surface area contributed by atoms with Crippen LogP contribution in [0.25, 0.3) is 10.9 Å². The Morgan fingerprint density at radius 1 is 1.28 bits per heavy atom. The molecule has 7 heteroatoms. The molecule has 1 aromatic carbocycles. The molecule has 1 heterocycles. The number of para-hydroxylation sites is 1. The van der Waals surface area contributed by atoms with E-state index in [0.29, 0.717) is 5.96 Å².